The Hall–Kier alpha value is -2.30. The molecule has 0 radical (unpaired) electrons. The molecule has 1 unspecified atom stereocenters. The Morgan fingerprint density at radius 2 is 1.61 bits per heavy atom. The fourth-order valence-electron chi connectivity index (χ4n) is 8.29. The van der Waals surface area contributed by atoms with E-state index in [1.165, 1.54) is 30.6 Å². The highest BCUT2D eigenvalue weighted by Crippen LogP contribution is 2.58. The normalized spacial score (nSPS) is 30.4. The lowest BCUT2D eigenvalue weighted by atomic mass is 9.54. The summed E-state index contributed by atoms with van der Waals surface area (Å²) in [6.07, 6.45) is 9.16. The molecule has 220 valence electrons. The number of hydrogen-bond acceptors (Lipinski definition) is 7. The van der Waals surface area contributed by atoms with E-state index in [1.54, 1.807) is 31.2 Å². The van der Waals surface area contributed by atoms with Gasteiger partial charge in [0.25, 0.3) is 5.91 Å². The highest BCUT2D eigenvalue weighted by molar-refractivity contribution is 7.92. The van der Waals surface area contributed by atoms with E-state index in [4.69, 9.17) is 9.72 Å². The molecule has 1 aromatic carbocycles. The second-order valence-corrected chi connectivity index (χ2v) is 16.3. The van der Waals surface area contributed by atoms with Crippen LogP contribution in [0.15, 0.2) is 34.5 Å². The molecule has 2 amide bonds. The average Bonchev–Trinajstić information content (AvgIpc) is 3.71. The number of aromatic nitrogens is 1. The van der Waals surface area contributed by atoms with Gasteiger partial charge in [0.1, 0.15) is 0 Å². The average molecular weight is 598 g/mol. The van der Waals surface area contributed by atoms with Gasteiger partial charge in [-0.2, -0.15) is 0 Å². The summed E-state index contributed by atoms with van der Waals surface area (Å²) in [6, 6.07) is 6.80. The zero-order chi connectivity index (χ0) is 28.4. The molecule has 0 spiro atoms. The highest BCUT2D eigenvalue weighted by atomic mass is 32.2. The molecular weight excluding hydrogens is 558 g/mol. The Labute approximate surface area is 246 Å². The maximum Gasteiger partial charge on any atom is 0.259 e. The van der Waals surface area contributed by atoms with Gasteiger partial charge in [-0.15, -0.1) is 11.3 Å². The third kappa shape index (κ3) is 5.47. The standard InChI is InChI=1S/C31H39N3O5S2/c1-19(35)34-10-8-23(9-11-34)27-18-40-30(32-27)33-29(36)28(24-2-4-25(5-3-24)41(37,38)26-6-7-26)39-31-15-20-12-21(16-31)14-22(13-20)17-31/h2-5,18,20-23,26,28H,6-17H2,1H3,(H,32,33,36). The minimum Gasteiger partial charge on any atom is -0.357 e. The minimum absolute atomic E-state index is 0.109. The molecule has 1 aromatic heterocycles. The number of benzene rings is 1. The van der Waals surface area contributed by atoms with Crippen molar-refractivity contribution in [1.29, 1.82) is 0 Å². The number of carbonyl (C=O) groups excluding carboxylic acids is 2. The highest BCUT2D eigenvalue weighted by Gasteiger charge is 2.53. The van der Waals surface area contributed by atoms with Crippen molar-refractivity contribution in [3.8, 4) is 0 Å². The van der Waals surface area contributed by atoms with Crippen LogP contribution >= 0.6 is 11.3 Å². The van der Waals surface area contributed by atoms with Gasteiger partial charge in [0.2, 0.25) is 5.91 Å². The lowest BCUT2D eigenvalue weighted by molar-refractivity contribution is -0.191. The van der Waals surface area contributed by atoms with Crippen molar-refractivity contribution in [1.82, 2.24) is 9.88 Å². The third-order valence-corrected chi connectivity index (χ3v) is 13.2. The Morgan fingerprint density at radius 3 is 2.17 bits per heavy atom. The molecule has 5 aliphatic carbocycles. The zero-order valence-electron chi connectivity index (χ0n) is 23.6. The molecule has 8 rings (SSSR count). The smallest absolute Gasteiger partial charge is 0.259 e. The van der Waals surface area contributed by atoms with E-state index in [-0.39, 0.29) is 28.6 Å². The maximum atomic E-state index is 13.9. The number of carbonyl (C=O) groups is 2. The van der Waals surface area contributed by atoms with Crippen LogP contribution in [0.3, 0.4) is 0 Å². The number of anilines is 1. The molecule has 1 atom stereocenters. The number of rotatable bonds is 8. The number of piperidine rings is 1. The van der Waals surface area contributed by atoms with E-state index in [0.717, 1.165) is 63.7 Å². The van der Waals surface area contributed by atoms with Crippen molar-refractivity contribution >= 4 is 38.1 Å². The fraction of sp³-hybridized carbons (Fsp3) is 0.645. The van der Waals surface area contributed by atoms with Gasteiger partial charge in [-0.1, -0.05) is 12.1 Å². The molecule has 1 N–H and O–H groups in total. The predicted octanol–water partition coefficient (Wildman–Crippen LogP) is 5.47. The minimum atomic E-state index is -3.31. The van der Waals surface area contributed by atoms with Crippen molar-refractivity contribution in [3.05, 3.63) is 40.9 Å². The van der Waals surface area contributed by atoms with Gasteiger partial charge in [-0.05, 0) is 99.7 Å². The molecule has 6 fully saturated rings. The molecule has 5 saturated carbocycles. The largest absolute Gasteiger partial charge is 0.357 e. The van der Waals surface area contributed by atoms with Gasteiger partial charge in [0.05, 0.1) is 21.4 Å². The summed E-state index contributed by atoms with van der Waals surface area (Å²) < 4.78 is 32.5. The van der Waals surface area contributed by atoms with E-state index < -0.39 is 15.9 Å². The predicted molar refractivity (Wildman–Crippen MR) is 156 cm³/mol. The topological polar surface area (TPSA) is 106 Å². The molecule has 2 aromatic rings. The summed E-state index contributed by atoms with van der Waals surface area (Å²) in [4.78, 5) is 32.6. The number of ether oxygens (including phenoxy) is 1. The van der Waals surface area contributed by atoms with E-state index >= 15 is 0 Å². The first-order chi connectivity index (χ1) is 19.7. The summed E-state index contributed by atoms with van der Waals surface area (Å²) in [5, 5.41) is 5.33. The van der Waals surface area contributed by atoms with E-state index in [0.29, 0.717) is 33.3 Å². The summed E-state index contributed by atoms with van der Waals surface area (Å²) in [5.41, 5.74) is 1.34. The summed E-state index contributed by atoms with van der Waals surface area (Å²) >= 11 is 1.42. The number of sulfone groups is 1. The lowest BCUT2D eigenvalue weighted by Crippen LogP contribution is -2.53. The quantitative estimate of drug-likeness (QED) is 0.433. The Bertz CT molecular complexity index is 1390. The van der Waals surface area contributed by atoms with Gasteiger partial charge in [0.15, 0.2) is 21.1 Å². The van der Waals surface area contributed by atoms with Crippen LogP contribution in [0.1, 0.15) is 94.4 Å². The van der Waals surface area contributed by atoms with Crippen LogP contribution in [-0.2, 0) is 24.2 Å². The van der Waals surface area contributed by atoms with Gasteiger partial charge in [0, 0.05) is 31.3 Å². The van der Waals surface area contributed by atoms with Crippen LogP contribution in [0.5, 0.6) is 0 Å². The first-order valence-corrected chi connectivity index (χ1v) is 17.6. The van der Waals surface area contributed by atoms with Crippen LogP contribution in [-0.4, -0.2) is 54.1 Å². The zero-order valence-corrected chi connectivity index (χ0v) is 25.2. The molecular formula is C31H39N3O5S2. The van der Waals surface area contributed by atoms with Crippen molar-refractivity contribution < 1.29 is 22.7 Å². The lowest BCUT2D eigenvalue weighted by Gasteiger charge is -2.56. The fourth-order valence-corrected chi connectivity index (χ4v) is 10.7. The number of hydrogen-bond donors (Lipinski definition) is 1. The molecule has 1 aliphatic heterocycles. The SMILES string of the molecule is CC(=O)N1CCC(c2csc(NC(=O)C(OC34CC5CC(CC(C5)C3)C4)c3ccc(S(=O)(=O)C4CC4)cc3)n2)CC1. The Morgan fingerprint density at radius 1 is 1.00 bits per heavy atom. The molecule has 4 bridgehead atoms. The van der Waals surface area contributed by atoms with Crippen molar-refractivity contribution in [2.45, 2.75) is 98.9 Å². The first kappa shape index (κ1) is 27.5. The number of nitrogens with one attached hydrogen (secondary N) is 1. The number of thiazole rings is 1. The first-order valence-electron chi connectivity index (χ1n) is 15.2. The molecule has 41 heavy (non-hydrogen) atoms. The monoisotopic (exact) mass is 597 g/mol. The van der Waals surface area contributed by atoms with E-state index in [9.17, 15) is 18.0 Å². The maximum absolute atomic E-state index is 13.9. The van der Waals surface area contributed by atoms with E-state index in [2.05, 4.69) is 5.32 Å². The van der Waals surface area contributed by atoms with Crippen molar-refractivity contribution in [3.63, 3.8) is 0 Å². The molecule has 8 nitrogen and oxygen atoms in total. The van der Waals surface area contributed by atoms with Crippen LogP contribution in [0, 0.1) is 17.8 Å². The number of amides is 2. The Kier molecular flexibility index (Phi) is 7.02. The van der Waals surface area contributed by atoms with Gasteiger partial charge < -0.3 is 9.64 Å². The second kappa shape index (κ2) is 10.5. The summed E-state index contributed by atoms with van der Waals surface area (Å²) in [7, 11) is -3.31. The van der Waals surface area contributed by atoms with Crippen LogP contribution in [0.2, 0.25) is 0 Å². The Balaban J connectivity index is 1.11. The summed E-state index contributed by atoms with van der Waals surface area (Å²) in [5.74, 6) is 2.14. The van der Waals surface area contributed by atoms with Crippen molar-refractivity contribution in [2.24, 2.45) is 17.8 Å². The van der Waals surface area contributed by atoms with E-state index in [1.807, 2.05) is 10.3 Å². The molecule has 10 heteroatoms. The van der Waals surface area contributed by atoms with Gasteiger partial charge >= 0.3 is 0 Å². The number of likely N-dealkylation sites (tertiary alicyclic amines) is 1. The molecule has 6 aliphatic rings. The molecule has 2 heterocycles. The second-order valence-electron chi connectivity index (χ2n) is 13.3. The molecule has 1 saturated heterocycles. The van der Waals surface area contributed by atoms with Crippen molar-refractivity contribution in [2.75, 3.05) is 18.4 Å². The van der Waals surface area contributed by atoms with Crippen LogP contribution in [0.4, 0.5) is 5.13 Å². The third-order valence-electron chi connectivity index (χ3n) is 10.2. The van der Waals surface area contributed by atoms with Gasteiger partial charge in [-0.25, -0.2) is 13.4 Å². The summed E-state index contributed by atoms with van der Waals surface area (Å²) in [6.45, 7) is 3.07. The van der Waals surface area contributed by atoms with Crippen LogP contribution in [0.25, 0.3) is 0 Å². The number of nitrogens with zero attached hydrogens (tertiary/aromatic N) is 2. The van der Waals surface area contributed by atoms with Crippen LogP contribution < -0.4 is 5.32 Å². The van der Waals surface area contributed by atoms with Gasteiger partial charge in [-0.3, -0.25) is 14.9 Å².